The predicted octanol–water partition coefficient (Wildman–Crippen LogP) is 3.15. The van der Waals surface area contributed by atoms with E-state index in [4.69, 9.17) is 10.5 Å². The third-order valence-electron chi connectivity index (χ3n) is 3.97. The van der Waals surface area contributed by atoms with Crippen LogP contribution in [0, 0.1) is 5.92 Å². The highest BCUT2D eigenvalue weighted by molar-refractivity contribution is 6.00. The Labute approximate surface area is 159 Å². The smallest absolute Gasteiger partial charge is 0.255 e. The zero-order valence-corrected chi connectivity index (χ0v) is 16.1. The lowest BCUT2D eigenvalue weighted by atomic mass is 10.1. The van der Waals surface area contributed by atoms with Crippen LogP contribution in [0.3, 0.4) is 0 Å². The van der Waals surface area contributed by atoms with Crippen LogP contribution in [0.15, 0.2) is 36.5 Å². The lowest BCUT2D eigenvalue weighted by molar-refractivity contribution is -0.118. The van der Waals surface area contributed by atoms with Crippen molar-refractivity contribution in [1.82, 2.24) is 10.3 Å². The number of nitrogen functional groups attached to an aromatic ring is 1. The van der Waals surface area contributed by atoms with Crippen LogP contribution in [0.4, 0.5) is 11.5 Å². The standard InChI is InChI=1S/C20H26N4O3/c1-5-27-17-7-6-15(24-19(25)12(2)3)11-16(17)20(26)23-13(4)14-8-9-22-18(21)10-14/h6-13H,5H2,1-4H3,(H2,21,22)(H,23,26)(H,24,25). The second-order valence-electron chi connectivity index (χ2n) is 6.50. The van der Waals surface area contributed by atoms with E-state index in [2.05, 4.69) is 15.6 Å². The Morgan fingerprint density at radius 2 is 1.93 bits per heavy atom. The van der Waals surface area contributed by atoms with Crippen molar-refractivity contribution >= 4 is 23.3 Å². The second kappa shape index (κ2) is 9.02. The fraction of sp³-hybridized carbons (Fsp3) is 0.350. The number of hydrogen-bond acceptors (Lipinski definition) is 5. The average Bonchev–Trinajstić information content (AvgIpc) is 2.62. The summed E-state index contributed by atoms with van der Waals surface area (Å²) in [5.74, 6) is 0.264. The van der Waals surface area contributed by atoms with Crippen molar-refractivity contribution in [3.05, 3.63) is 47.7 Å². The summed E-state index contributed by atoms with van der Waals surface area (Å²) in [5.41, 5.74) is 7.45. The molecule has 0 spiro atoms. The number of rotatable bonds is 7. The molecule has 7 nitrogen and oxygen atoms in total. The summed E-state index contributed by atoms with van der Waals surface area (Å²) in [7, 11) is 0. The van der Waals surface area contributed by atoms with Gasteiger partial charge in [0.1, 0.15) is 11.6 Å². The molecule has 0 aliphatic heterocycles. The van der Waals surface area contributed by atoms with Crippen molar-refractivity contribution in [2.45, 2.75) is 33.7 Å². The topological polar surface area (TPSA) is 106 Å². The molecule has 144 valence electrons. The van der Waals surface area contributed by atoms with Gasteiger partial charge in [-0.25, -0.2) is 4.98 Å². The van der Waals surface area contributed by atoms with E-state index in [1.165, 1.54) is 0 Å². The van der Waals surface area contributed by atoms with E-state index in [-0.39, 0.29) is 23.8 Å². The molecule has 1 aromatic heterocycles. The number of nitrogens with one attached hydrogen (secondary N) is 2. The minimum atomic E-state index is -0.304. The molecule has 0 radical (unpaired) electrons. The van der Waals surface area contributed by atoms with Gasteiger partial charge in [-0.3, -0.25) is 9.59 Å². The van der Waals surface area contributed by atoms with Crippen LogP contribution in [0.25, 0.3) is 0 Å². The molecule has 1 heterocycles. The van der Waals surface area contributed by atoms with Crippen LogP contribution in [-0.2, 0) is 4.79 Å². The van der Waals surface area contributed by atoms with Crippen LogP contribution in [-0.4, -0.2) is 23.4 Å². The number of carbonyl (C=O) groups is 2. The van der Waals surface area contributed by atoms with E-state index in [9.17, 15) is 9.59 Å². The molecule has 7 heteroatoms. The van der Waals surface area contributed by atoms with Crippen LogP contribution < -0.4 is 21.1 Å². The van der Waals surface area contributed by atoms with E-state index < -0.39 is 0 Å². The lowest BCUT2D eigenvalue weighted by Gasteiger charge is -2.17. The molecule has 1 atom stereocenters. The number of pyridine rings is 1. The van der Waals surface area contributed by atoms with E-state index in [0.29, 0.717) is 29.4 Å². The summed E-state index contributed by atoms with van der Waals surface area (Å²) >= 11 is 0. The highest BCUT2D eigenvalue weighted by atomic mass is 16.5. The van der Waals surface area contributed by atoms with Crippen molar-refractivity contribution < 1.29 is 14.3 Å². The molecule has 0 saturated heterocycles. The number of hydrogen-bond donors (Lipinski definition) is 3. The molecule has 0 bridgehead atoms. The van der Waals surface area contributed by atoms with Crippen molar-refractivity contribution in [3.63, 3.8) is 0 Å². The summed E-state index contributed by atoms with van der Waals surface area (Å²) in [5, 5.41) is 5.73. The first kappa shape index (κ1) is 20.2. The number of nitrogens with two attached hydrogens (primary N) is 1. The molecule has 0 aliphatic carbocycles. The maximum Gasteiger partial charge on any atom is 0.255 e. The summed E-state index contributed by atoms with van der Waals surface area (Å²) in [4.78, 5) is 28.7. The fourth-order valence-electron chi connectivity index (χ4n) is 2.45. The normalized spacial score (nSPS) is 11.7. The summed E-state index contributed by atoms with van der Waals surface area (Å²) in [6.45, 7) is 7.74. The highest BCUT2D eigenvalue weighted by Crippen LogP contribution is 2.25. The molecule has 0 saturated carbocycles. The molecule has 27 heavy (non-hydrogen) atoms. The first-order chi connectivity index (χ1) is 12.8. The van der Waals surface area contributed by atoms with Gasteiger partial charge in [-0.2, -0.15) is 0 Å². The van der Waals surface area contributed by atoms with Gasteiger partial charge in [-0.1, -0.05) is 13.8 Å². The lowest BCUT2D eigenvalue weighted by Crippen LogP contribution is -2.27. The number of carbonyl (C=O) groups excluding carboxylic acids is 2. The van der Waals surface area contributed by atoms with Crippen LogP contribution in [0.1, 0.15) is 49.7 Å². The Hall–Kier alpha value is -3.09. The predicted molar refractivity (Wildman–Crippen MR) is 106 cm³/mol. The first-order valence-corrected chi connectivity index (χ1v) is 8.91. The minimum Gasteiger partial charge on any atom is -0.493 e. The molecule has 0 aliphatic rings. The Balaban J connectivity index is 2.24. The van der Waals surface area contributed by atoms with E-state index in [1.54, 1.807) is 50.4 Å². The maximum absolute atomic E-state index is 12.8. The molecular weight excluding hydrogens is 344 g/mol. The third-order valence-corrected chi connectivity index (χ3v) is 3.97. The molecule has 2 aromatic rings. The van der Waals surface area contributed by atoms with Crippen molar-refractivity contribution in [3.8, 4) is 5.75 Å². The van der Waals surface area contributed by atoms with Gasteiger partial charge in [0.2, 0.25) is 5.91 Å². The third kappa shape index (κ3) is 5.44. The van der Waals surface area contributed by atoms with Gasteiger partial charge >= 0.3 is 0 Å². The quantitative estimate of drug-likeness (QED) is 0.694. The Kier molecular flexibility index (Phi) is 6.76. The molecule has 4 N–H and O–H groups in total. The van der Waals surface area contributed by atoms with Gasteiger partial charge in [0.05, 0.1) is 18.2 Å². The molecular formula is C20H26N4O3. The molecule has 2 rings (SSSR count). The Morgan fingerprint density at radius 3 is 2.56 bits per heavy atom. The number of aromatic nitrogens is 1. The first-order valence-electron chi connectivity index (χ1n) is 8.91. The summed E-state index contributed by atoms with van der Waals surface area (Å²) in [6, 6.07) is 8.26. The van der Waals surface area contributed by atoms with E-state index >= 15 is 0 Å². The number of nitrogens with zero attached hydrogens (tertiary/aromatic N) is 1. The van der Waals surface area contributed by atoms with Crippen molar-refractivity contribution in [1.29, 1.82) is 0 Å². The largest absolute Gasteiger partial charge is 0.493 e. The van der Waals surface area contributed by atoms with Crippen molar-refractivity contribution in [2.75, 3.05) is 17.7 Å². The monoisotopic (exact) mass is 370 g/mol. The van der Waals surface area contributed by atoms with E-state index in [1.807, 2.05) is 13.8 Å². The molecule has 2 amide bonds. The Bertz CT molecular complexity index is 821. The van der Waals surface area contributed by atoms with Crippen LogP contribution in [0.2, 0.25) is 0 Å². The number of anilines is 2. The van der Waals surface area contributed by atoms with Crippen LogP contribution in [0.5, 0.6) is 5.75 Å². The average molecular weight is 370 g/mol. The molecule has 0 fully saturated rings. The highest BCUT2D eigenvalue weighted by Gasteiger charge is 2.18. The Morgan fingerprint density at radius 1 is 1.19 bits per heavy atom. The number of amides is 2. The van der Waals surface area contributed by atoms with Gasteiger partial charge < -0.3 is 21.1 Å². The minimum absolute atomic E-state index is 0.119. The van der Waals surface area contributed by atoms with Crippen LogP contribution >= 0.6 is 0 Å². The SMILES string of the molecule is CCOc1ccc(NC(=O)C(C)C)cc1C(=O)NC(C)c1ccnc(N)c1. The fourth-order valence-corrected chi connectivity index (χ4v) is 2.45. The number of benzene rings is 1. The molecule has 1 unspecified atom stereocenters. The van der Waals surface area contributed by atoms with Gasteiger partial charge in [0.15, 0.2) is 0 Å². The maximum atomic E-state index is 12.8. The van der Waals surface area contributed by atoms with Gasteiger partial charge in [0, 0.05) is 17.8 Å². The van der Waals surface area contributed by atoms with E-state index in [0.717, 1.165) is 5.56 Å². The number of ether oxygens (including phenoxy) is 1. The van der Waals surface area contributed by atoms with Gasteiger partial charge in [-0.15, -0.1) is 0 Å². The summed E-state index contributed by atoms with van der Waals surface area (Å²) < 4.78 is 5.57. The zero-order valence-electron chi connectivity index (χ0n) is 16.1. The van der Waals surface area contributed by atoms with Crippen molar-refractivity contribution in [2.24, 2.45) is 5.92 Å². The molecule has 1 aromatic carbocycles. The van der Waals surface area contributed by atoms with Gasteiger partial charge in [-0.05, 0) is 49.7 Å². The summed E-state index contributed by atoms with van der Waals surface area (Å²) in [6.07, 6.45) is 1.60. The van der Waals surface area contributed by atoms with Gasteiger partial charge in [0.25, 0.3) is 5.91 Å². The zero-order chi connectivity index (χ0) is 20.0. The second-order valence-corrected chi connectivity index (χ2v) is 6.50.